The van der Waals surface area contributed by atoms with Gasteiger partial charge in [-0.25, -0.2) is 0 Å². The van der Waals surface area contributed by atoms with Crippen molar-refractivity contribution >= 4 is 11.8 Å². The van der Waals surface area contributed by atoms with Crippen LogP contribution < -0.4 is 16.4 Å². The highest BCUT2D eigenvalue weighted by atomic mass is 16.5. The molecular formula is C15H21N3O3. The molecule has 2 amide bonds. The molecule has 0 radical (unpaired) electrons. The van der Waals surface area contributed by atoms with Gasteiger partial charge in [-0.1, -0.05) is 30.3 Å². The molecule has 6 heteroatoms. The molecule has 114 valence electrons. The van der Waals surface area contributed by atoms with Crippen molar-refractivity contribution in [1.29, 1.82) is 0 Å². The normalized spacial score (nSPS) is 24.6. The summed E-state index contributed by atoms with van der Waals surface area (Å²) >= 11 is 0. The van der Waals surface area contributed by atoms with Crippen molar-refractivity contribution in [3.8, 4) is 0 Å². The maximum Gasteiger partial charge on any atom is 0.239 e. The van der Waals surface area contributed by atoms with E-state index in [1.807, 2.05) is 30.3 Å². The minimum absolute atomic E-state index is 0.0615. The molecule has 0 saturated carbocycles. The first kappa shape index (κ1) is 15.5. The Labute approximate surface area is 124 Å². The van der Waals surface area contributed by atoms with Gasteiger partial charge in [-0.2, -0.15) is 0 Å². The summed E-state index contributed by atoms with van der Waals surface area (Å²) in [5.74, 6) is -0.481. The van der Waals surface area contributed by atoms with Crippen molar-refractivity contribution < 1.29 is 14.3 Å². The molecule has 2 unspecified atom stereocenters. The summed E-state index contributed by atoms with van der Waals surface area (Å²) in [6.07, 6.45) is 0. The van der Waals surface area contributed by atoms with E-state index in [1.54, 1.807) is 6.92 Å². The highest BCUT2D eigenvalue weighted by Crippen LogP contribution is 2.26. The van der Waals surface area contributed by atoms with Crippen LogP contribution in [0.15, 0.2) is 30.3 Å². The number of nitrogens with two attached hydrogens (primary N) is 1. The number of hydrogen-bond donors (Lipinski definition) is 3. The molecule has 1 saturated heterocycles. The lowest BCUT2D eigenvalue weighted by atomic mass is 9.85. The number of hydrogen-bond acceptors (Lipinski definition) is 4. The Bertz CT molecular complexity index is 506. The first-order chi connectivity index (χ1) is 10.0. The van der Waals surface area contributed by atoms with E-state index in [4.69, 9.17) is 10.5 Å². The monoisotopic (exact) mass is 291 g/mol. The van der Waals surface area contributed by atoms with Crippen LogP contribution in [0.2, 0.25) is 0 Å². The lowest BCUT2D eigenvalue weighted by Crippen LogP contribution is -2.51. The number of nitrogens with one attached hydrogen (secondary N) is 2. The molecule has 1 aliphatic heterocycles. The third kappa shape index (κ3) is 3.80. The van der Waals surface area contributed by atoms with Crippen molar-refractivity contribution in [1.82, 2.24) is 10.6 Å². The van der Waals surface area contributed by atoms with Crippen molar-refractivity contribution in [2.45, 2.75) is 19.5 Å². The van der Waals surface area contributed by atoms with E-state index in [0.717, 1.165) is 5.56 Å². The molecule has 0 bridgehead atoms. The van der Waals surface area contributed by atoms with Crippen molar-refractivity contribution in [3.63, 3.8) is 0 Å². The molecule has 1 aromatic carbocycles. The predicted octanol–water partition coefficient (Wildman–Crippen LogP) is -0.217. The Balaban J connectivity index is 1.75. The van der Waals surface area contributed by atoms with E-state index in [-0.39, 0.29) is 31.0 Å². The van der Waals surface area contributed by atoms with Gasteiger partial charge in [-0.3, -0.25) is 9.59 Å². The lowest BCUT2D eigenvalue weighted by molar-refractivity contribution is -0.133. The van der Waals surface area contributed by atoms with Gasteiger partial charge in [0.05, 0.1) is 25.2 Å². The fourth-order valence-electron chi connectivity index (χ4n) is 2.14. The van der Waals surface area contributed by atoms with Crippen molar-refractivity contribution in [2.24, 2.45) is 11.1 Å². The molecule has 0 aliphatic carbocycles. The summed E-state index contributed by atoms with van der Waals surface area (Å²) in [6.45, 7) is 2.78. The smallest absolute Gasteiger partial charge is 0.239 e. The van der Waals surface area contributed by atoms with Gasteiger partial charge in [0.15, 0.2) is 0 Å². The molecule has 1 aromatic rings. The maximum atomic E-state index is 12.1. The quantitative estimate of drug-likeness (QED) is 0.699. The highest BCUT2D eigenvalue weighted by Gasteiger charge is 2.44. The Hall–Kier alpha value is -1.92. The van der Waals surface area contributed by atoms with E-state index >= 15 is 0 Å². The molecule has 1 fully saturated rings. The van der Waals surface area contributed by atoms with Crippen LogP contribution in [0.3, 0.4) is 0 Å². The van der Waals surface area contributed by atoms with Crippen molar-refractivity contribution in [2.75, 3.05) is 19.8 Å². The zero-order valence-corrected chi connectivity index (χ0v) is 12.1. The van der Waals surface area contributed by atoms with Gasteiger partial charge < -0.3 is 21.1 Å². The Morgan fingerprint density at radius 2 is 2.05 bits per heavy atom. The van der Waals surface area contributed by atoms with Crippen LogP contribution in [-0.2, 0) is 20.9 Å². The van der Waals surface area contributed by atoms with Crippen LogP contribution >= 0.6 is 0 Å². The first-order valence-electron chi connectivity index (χ1n) is 6.94. The molecular weight excluding hydrogens is 270 g/mol. The standard InChI is InChI=1S/C15H21N3O3/c1-15(10-21-9-12(15)16)14(20)18-8-13(19)17-7-11-5-3-2-4-6-11/h2-6,12H,7-10,16H2,1H3,(H,17,19)(H,18,20). The van der Waals surface area contributed by atoms with Crippen LogP contribution in [0.5, 0.6) is 0 Å². The third-order valence-corrected chi connectivity index (χ3v) is 3.78. The van der Waals surface area contributed by atoms with Crippen LogP contribution in [0.25, 0.3) is 0 Å². The number of carbonyl (C=O) groups is 2. The SMILES string of the molecule is CC1(C(=O)NCC(=O)NCc2ccccc2)COCC1N. The summed E-state index contributed by atoms with van der Waals surface area (Å²) in [7, 11) is 0. The van der Waals surface area contributed by atoms with Crippen molar-refractivity contribution in [3.05, 3.63) is 35.9 Å². The molecule has 4 N–H and O–H groups in total. The summed E-state index contributed by atoms with van der Waals surface area (Å²) in [6, 6.07) is 9.24. The zero-order valence-electron chi connectivity index (χ0n) is 12.1. The Morgan fingerprint density at radius 3 is 2.67 bits per heavy atom. The maximum absolute atomic E-state index is 12.1. The fourth-order valence-corrected chi connectivity index (χ4v) is 2.14. The van der Waals surface area contributed by atoms with E-state index in [0.29, 0.717) is 13.2 Å². The first-order valence-corrected chi connectivity index (χ1v) is 6.94. The number of rotatable bonds is 5. The number of carbonyl (C=O) groups excluding carboxylic acids is 2. The summed E-state index contributed by atoms with van der Waals surface area (Å²) < 4.78 is 5.22. The average Bonchev–Trinajstić information content (AvgIpc) is 2.84. The molecule has 0 spiro atoms. The largest absolute Gasteiger partial charge is 0.379 e. The lowest BCUT2D eigenvalue weighted by Gasteiger charge is -2.25. The molecule has 1 aliphatic rings. The molecule has 2 rings (SSSR count). The second-order valence-electron chi connectivity index (χ2n) is 5.48. The third-order valence-electron chi connectivity index (χ3n) is 3.78. The minimum Gasteiger partial charge on any atom is -0.379 e. The topological polar surface area (TPSA) is 93.5 Å². The van der Waals surface area contributed by atoms with Gasteiger partial charge in [0, 0.05) is 12.6 Å². The summed E-state index contributed by atoms with van der Waals surface area (Å²) in [5.41, 5.74) is 6.11. The van der Waals surface area contributed by atoms with Crippen LogP contribution in [-0.4, -0.2) is 37.6 Å². The van der Waals surface area contributed by atoms with E-state index in [1.165, 1.54) is 0 Å². The summed E-state index contributed by atoms with van der Waals surface area (Å²) in [4.78, 5) is 23.8. The van der Waals surface area contributed by atoms with Gasteiger partial charge in [0.25, 0.3) is 0 Å². The number of ether oxygens (including phenoxy) is 1. The van der Waals surface area contributed by atoms with Gasteiger partial charge in [-0.05, 0) is 12.5 Å². The van der Waals surface area contributed by atoms with Crippen LogP contribution in [0.4, 0.5) is 0 Å². The fraction of sp³-hybridized carbons (Fsp3) is 0.467. The van der Waals surface area contributed by atoms with Gasteiger partial charge in [0.1, 0.15) is 0 Å². The Kier molecular flexibility index (Phi) is 4.93. The molecule has 21 heavy (non-hydrogen) atoms. The van der Waals surface area contributed by atoms with Gasteiger partial charge >= 0.3 is 0 Å². The minimum atomic E-state index is -0.764. The van der Waals surface area contributed by atoms with Crippen LogP contribution in [0, 0.1) is 5.41 Å². The van der Waals surface area contributed by atoms with Gasteiger partial charge in [0.2, 0.25) is 11.8 Å². The predicted molar refractivity (Wildman–Crippen MR) is 78.2 cm³/mol. The second kappa shape index (κ2) is 6.69. The average molecular weight is 291 g/mol. The number of benzene rings is 1. The Morgan fingerprint density at radius 1 is 1.33 bits per heavy atom. The van der Waals surface area contributed by atoms with E-state index in [2.05, 4.69) is 10.6 Å². The van der Waals surface area contributed by atoms with Gasteiger partial charge in [-0.15, -0.1) is 0 Å². The summed E-state index contributed by atoms with van der Waals surface area (Å²) in [5, 5.41) is 5.37. The number of amides is 2. The molecule has 6 nitrogen and oxygen atoms in total. The molecule has 2 atom stereocenters. The second-order valence-corrected chi connectivity index (χ2v) is 5.48. The zero-order chi connectivity index (χ0) is 15.3. The molecule has 0 aromatic heterocycles. The van der Waals surface area contributed by atoms with E-state index < -0.39 is 5.41 Å². The molecule has 1 heterocycles. The van der Waals surface area contributed by atoms with E-state index in [9.17, 15) is 9.59 Å². The van der Waals surface area contributed by atoms with Crippen LogP contribution in [0.1, 0.15) is 12.5 Å². The highest BCUT2D eigenvalue weighted by molar-refractivity contribution is 5.88.